The zero-order valence-electron chi connectivity index (χ0n) is 14.2. The van der Waals surface area contributed by atoms with Crippen LogP contribution in [0.3, 0.4) is 0 Å². The predicted octanol–water partition coefficient (Wildman–Crippen LogP) is 2.32. The van der Waals surface area contributed by atoms with E-state index in [9.17, 15) is 9.59 Å². The number of nitrogens with one attached hydrogen (secondary N) is 2. The Morgan fingerprint density at radius 2 is 1.65 bits per heavy atom. The lowest BCUT2D eigenvalue weighted by molar-refractivity contribution is 0.0755. The first-order chi connectivity index (χ1) is 10.6. The highest BCUT2D eigenvalue weighted by Gasteiger charge is 2.15. The van der Waals surface area contributed by atoms with E-state index in [4.69, 9.17) is 0 Å². The van der Waals surface area contributed by atoms with Gasteiger partial charge in [-0.1, -0.05) is 19.9 Å². The minimum Gasteiger partial charge on any atom is -0.351 e. The maximum absolute atomic E-state index is 12.5. The molecular weight excluding hydrogens is 314 g/mol. The van der Waals surface area contributed by atoms with Crippen molar-refractivity contribution in [2.45, 2.75) is 26.7 Å². The molecule has 0 unspecified atom stereocenters. The van der Waals surface area contributed by atoms with Gasteiger partial charge in [-0.15, -0.1) is 12.4 Å². The summed E-state index contributed by atoms with van der Waals surface area (Å²) in [6.45, 7) is 6.87. The fourth-order valence-corrected chi connectivity index (χ4v) is 2.23. The third-order valence-electron chi connectivity index (χ3n) is 3.31. The van der Waals surface area contributed by atoms with Crippen LogP contribution >= 0.6 is 12.4 Å². The highest BCUT2D eigenvalue weighted by atomic mass is 35.5. The van der Waals surface area contributed by atoms with Crippen LogP contribution in [-0.4, -0.2) is 49.9 Å². The molecule has 1 rings (SSSR count). The van der Waals surface area contributed by atoms with E-state index in [0.29, 0.717) is 24.2 Å². The van der Waals surface area contributed by atoms with Crippen LogP contribution in [0.2, 0.25) is 0 Å². The Balaban J connectivity index is 0.00000484. The zero-order valence-corrected chi connectivity index (χ0v) is 15.0. The minimum absolute atomic E-state index is 0. The van der Waals surface area contributed by atoms with Crippen molar-refractivity contribution >= 4 is 24.2 Å². The summed E-state index contributed by atoms with van der Waals surface area (Å²) < 4.78 is 0. The number of hydrogen-bond donors (Lipinski definition) is 2. The molecule has 23 heavy (non-hydrogen) atoms. The van der Waals surface area contributed by atoms with E-state index in [0.717, 1.165) is 25.9 Å². The Hall–Kier alpha value is -1.59. The van der Waals surface area contributed by atoms with Crippen LogP contribution in [0.1, 0.15) is 47.4 Å². The Morgan fingerprint density at radius 1 is 1.04 bits per heavy atom. The molecule has 1 aromatic rings. The van der Waals surface area contributed by atoms with Gasteiger partial charge >= 0.3 is 0 Å². The SMILES string of the molecule is CCCN(CCC)C(=O)c1cccc(C(=O)NCCNC)c1.Cl. The van der Waals surface area contributed by atoms with Crippen molar-refractivity contribution in [3.8, 4) is 0 Å². The fourth-order valence-electron chi connectivity index (χ4n) is 2.23. The van der Waals surface area contributed by atoms with Crippen LogP contribution < -0.4 is 10.6 Å². The molecule has 130 valence electrons. The van der Waals surface area contributed by atoms with E-state index in [2.05, 4.69) is 24.5 Å². The molecule has 0 heterocycles. The molecule has 0 fully saturated rings. The normalized spacial score (nSPS) is 9.87. The first-order valence-electron chi connectivity index (χ1n) is 7.96. The number of benzene rings is 1. The number of rotatable bonds is 9. The first-order valence-corrected chi connectivity index (χ1v) is 7.96. The van der Waals surface area contributed by atoms with Gasteiger partial charge < -0.3 is 15.5 Å². The molecule has 0 aliphatic carbocycles. The van der Waals surface area contributed by atoms with Crippen LogP contribution in [0.15, 0.2) is 24.3 Å². The summed E-state index contributed by atoms with van der Waals surface area (Å²) in [5, 5.41) is 5.79. The number of likely N-dealkylation sites (N-methyl/N-ethyl adjacent to an activating group) is 1. The molecule has 0 aliphatic rings. The molecule has 0 aliphatic heterocycles. The summed E-state index contributed by atoms with van der Waals surface area (Å²) in [5.74, 6) is -0.156. The van der Waals surface area contributed by atoms with Gasteiger partial charge in [-0.25, -0.2) is 0 Å². The average molecular weight is 342 g/mol. The van der Waals surface area contributed by atoms with Crippen molar-refractivity contribution in [3.05, 3.63) is 35.4 Å². The van der Waals surface area contributed by atoms with Crippen molar-refractivity contribution in [1.29, 1.82) is 0 Å². The summed E-state index contributed by atoms with van der Waals surface area (Å²) >= 11 is 0. The van der Waals surface area contributed by atoms with Gasteiger partial charge in [-0.3, -0.25) is 9.59 Å². The van der Waals surface area contributed by atoms with E-state index in [1.165, 1.54) is 0 Å². The van der Waals surface area contributed by atoms with E-state index < -0.39 is 0 Å². The monoisotopic (exact) mass is 341 g/mol. The molecule has 0 atom stereocenters. The van der Waals surface area contributed by atoms with Gasteiger partial charge in [-0.05, 0) is 38.1 Å². The summed E-state index contributed by atoms with van der Waals surface area (Å²) in [5.41, 5.74) is 1.10. The molecule has 6 heteroatoms. The molecule has 1 aromatic carbocycles. The van der Waals surface area contributed by atoms with Gasteiger partial charge in [0.1, 0.15) is 0 Å². The lowest BCUT2D eigenvalue weighted by Gasteiger charge is -2.21. The summed E-state index contributed by atoms with van der Waals surface area (Å²) in [6, 6.07) is 6.94. The molecule has 0 aromatic heterocycles. The second-order valence-electron chi connectivity index (χ2n) is 5.23. The lowest BCUT2D eigenvalue weighted by atomic mass is 10.1. The van der Waals surface area contributed by atoms with Crippen LogP contribution in [0.4, 0.5) is 0 Å². The van der Waals surface area contributed by atoms with Gasteiger partial charge in [0.25, 0.3) is 11.8 Å². The summed E-state index contributed by atoms with van der Waals surface area (Å²) in [6.07, 6.45) is 1.85. The number of hydrogen-bond acceptors (Lipinski definition) is 3. The Labute approximate surface area is 145 Å². The molecular formula is C17H28ClN3O2. The van der Waals surface area contributed by atoms with Gasteiger partial charge in [0.2, 0.25) is 0 Å². The van der Waals surface area contributed by atoms with Crippen molar-refractivity contribution in [2.75, 3.05) is 33.2 Å². The quantitative estimate of drug-likeness (QED) is 0.678. The van der Waals surface area contributed by atoms with Crippen LogP contribution in [0, 0.1) is 0 Å². The standard InChI is InChI=1S/C17H27N3O2.ClH/c1-4-11-20(12-5-2)17(22)15-8-6-7-14(13-15)16(21)19-10-9-18-3;/h6-8,13,18H,4-5,9-12H2,1-3H3,(H,19,21);1H. The van der Waals surface area contributed by atoms with Gasteiger partial charge in [0.05, 0.1) is 0 Å². The fraction of sp³-hybridized carbons (Fsp3) is 0.529. The second-order valence-corrected chi connectivity index (χ2v) is 5.23. The third kappa shape index (κ3) is 7.01. The zero-order chi connectivity index (χ0) is 16.4. The van der Waals surface area contributed by atoms with Crippen molar-refractivity contribution in [3.63, 3.8) is 0 Å². The van der Waals surface area contributed by atoms with E-state index in [1.807, 2.05) is 11.9 Å². The summed E-state index contributed by atoms with van der Waals surface area (Å²) in [4.78, 5) is 26.4. The molecule has 0 saturated carbocycles. The summed E-state index contributed by atoms with van der Waals surface area (Å²) in [7, 11) is 1.83. The molecule has 5 nitrogen and oxygen atoms in total. The Bertz CT molecular complexity index is 488. The van der Waals surface area contributed by atoms with E-state index >= 15 is 0 Å². The number of halogens is 1. The van der Waals surface area contributed by atoms with Crippen LogP contribution in [-0.2, 0) is 0 Å². The average Bonchev–Trinajstić information content (AvgIpc) is 2.54. The van der Waals surface area contributed by atoms with Gasteiger partial charge in [-0.2, -0.15) is 0 Å². The lowest BCUT2D eigenvalue weighted by Crippen LogP contribution is -2.33. The van der Waals surface area contributed by atoms with Crippen LogP contribution in [0.25, 0.3) is 0 Å². The van der Waals surface area contributed by atoms with Gasteiger partial charge in [0, 0.05) is 37.3 Å². The first kappa shape index (κ1) is 21.4. The van der Waals surface area contributed by atoms with Crippen molar-refractivity contribution in [2.24, 2.45) is 0 Å². The molecule has 0 bridgehead atoms. The molecule has 2 N–H and O–H groups in total. The highest BCUT2D eigenvalue weighted by Crippen LogP contribution is 2.10. The Kier molecular flexibility index (Phi) is 11.1. The third-order valence-corrected chi connectivity index (χ3v) is 3.31. The van der Waals surface area contributed by atoms with Crippen molar-refractivity contribution < 1.29 is 9.59 Å². The Morgan fingerprint density at radius 3 is 2.22 bits per heavy atom. The largest absolute Gasteiger partial charge is 0.351 e. The number of nitrogens with zero attached hydrogens (tertiary/aromatic N) is 1. The molecule has 0 spiro atoms. The number of carbonyl (C=O) groups excluding carboxylic acids is 2. The van der Waals surface area contributed by atoms with Crippen LogP contribution in [0.5, 0.6) is 0 Å². The number of carbonyl (C=O) groups is 2. The topological polar surface area (TPSA) is 61.4 Å². The number of amides is 2. The minimum atomic E-state index is -0.151. The highest BCUT2D eigenvalue weighted by molar-refractivity contribution is 5.99. The molecule has 2 amide bonds. The second kappa shape index (κ2) is 11.9. The van der Waals surface area contributed by atoms with Gasteiger partial charge in [0.15, 0.2) is 0 Å². The maximum atomic E-state index is 12.5. The van der Waals surface area contributed by atoms with E-state index in [-0.39, 0.29) is 24.2 Å². The predicted molar refractivity (Wildman–Crippen MR) is 96.4 cm³/mol. The molecule has 0 radical (unpaired) electrons. The smallest absolute Gasteiger partial charge is 0.253 e. The maximum Gasteiger partial charge on any atom is 0.253 e. The molecule has 0 saturated heterocycles. The van der Waals surface area contributed by atoms with Crippen molar-refractivity contribution in [1.82, 2.24) is 15.5 Å². The van der Waals surface area contributed by atoms with E-state index in [1.54, 1.807) is 24.3 Å².